The van der Waals surface area contributed by atoms with Gasteiger partial charge in [0.1, 0.15) is 0 Å². The van der Waals surface area contributed by atoms with Crippen molar-refractivity contribution in [1.82, 2.24) is 10.3 Å². The van der Waals surface area contributed by atoms with Gasteiger partial charge >= 0.3 is 0 Å². The Kier molecular flexibility index (Phi) is 4.29. The average molecular weight is 291 g/mol. The number of rotatable bonds is 4. The predicted octanol–water partition coefficient (Wildman–Crippen LogP) is 3.69. The van der Waals surface area contributed by atoms with Gasteiger partial charge in [0.25, 0.3) is 0 Å². The summed E-state index contributed by atoms with van der Waals surface area (Å²) >= 11 is 3.43. The number of aromatic nitrogens is 1. The quantitative estimate of drug-likeness (QED) is 0.929. The van der Waals surface area contributed by atoms with Crippen molar-refractivity contribution < 1.29 is 0 Å². The van der Waals surface area contributed by atoms with Crippen LogP contribution in [0.2, 0.25) is 0 Å². The van der Waals surface area contributed by atoms with Crippen molar-refractivity contribution >= 4 is 15.9 Å². The molecule has 1 N–H and O–H groups in total. The Labute approximate surface area is 110 Å². The zero-order valence-electron chi connectivity index (χ0n) is 9.73. The van der Waals surface area contributed by atoms with E-state index < -0.39 is 0 Å². The van der Waals surface area contributed by atoms with Crippen LogP contribution < -0.4 is 5.32 Å². The predicted molar refractivity (Wildman–Crippen MR) is 73.6 cm³/mol. The molecule has 3 heteroatoms. The Balaban J connectivity index is 1.92. The highest BCUT2D eigenvalue weighted by molar-refractivity contribution is 9.10. The molecule has 0 fully saturated rings. The molecule has 0 unspecified atom stereocenters. The van der Waals surface area contributed by atoms with Gasteiger partial charge in [-0.25, -0.2) is 0 Å². The molecular weight excluding hydrogens is 276 g/mol. The summed E-state index contributed by atoms with van der Waals surface area (Å²) in [7, 11) is 0. The van der Waals surface area contributed by atoms with Gasteiger partial charge in [-0.15, -0.1) is 0 Å². The number of nitrogens with one attached hydrogen (secondary N) is 1. The van der Waals surface area contributed by atoms with E-state index in [2.05, 4.69) is 63.5 Å². The first-order chi connectivity index (χ1) is 8.25. The second-order valence-electron chi connectivity index (χ2n) is 4.02. The summed E-state index contributed by atoms with van der Waals surface area (Å²) in [5.41, 5.74) is 2.49. The van der Waals surface area contributed by atoms with Crippen LogP contribution in [0.15, 0.2) is 53.3 Å². The van der Waals surface area contributed by atoms with E-state index in [1.54, 1.807) is 6.20 Å². The van der Waals surface area contributed by atoms with Crippen LogP contribution in [0.5, 0.6) is 0 Å². The van der Waals surface area contributed by atoms with E-state index in [9.17, 15) is 0 Å². The van der Waals surface area contributed by atoms with E-state index >= 15 is 0 Å². The van der Waals surface area contributed by atoms with Crippen LogP contribution >= 0.6 is 15.9 Å². The minimum Gasteiger partial charge on any atom is -0.306 e. The van der Waals surface area contributed by atoms with Crippen molar-refractivity contribution in [3.8, 4) is 0 Å². The number of benzene rings is 1. The molecule has 1 aromatic heterocycles. The van der Waals surface area contributed by atoms with Crippen LogP contribution in [0, 0.1) is 0 Å². The molecular formula is C14H15BrN2. The molecule has 0 aliphatic rings. The highest BCUT2D eigenvalue weighted by Crippen LogP contribution is 2.13. The molecule has 88 valence electrons. The maximum Gasteiger partial charge on any atom is 0.0315 e. The molecule has 1 heterocycles. The minimum atomic E-state index is 0.312. The van der Waals surface area contributed by atoms with Crippen molar-refractivity contribution in [2.45, 2.75) is 19.5 Å². The molecule has 0 aliphatic carbocycles. The first-order valence-electron chi connectivity index (χ1n) is 5.63. The topological polar surface area (TPSA) is 24.9 Å². The summed E-state index contributed by atoms with van der Waals surface area (Å²) in [5, 5.41) is 3.48. The van der Waals surface area contributed by atoms with Gasteiger partial charge in [0, 0.05) is 29.5 Å². The Bertz CT molecular complexity index is 453. The molecule has 2 rings (SSSR count). The molecule has 0 saturated heterocycles. The molecule has 1 atom stereocenters. The zero-order chi connectivity index (χ0) is 12.1. The van der Waals surface area contributed by atoms with Gasteiger partial charge in [0.2, 0.25) is 0 Å². The highest BCUT2D eigenvalue weighted by atomic mass is 79.9. The Hall–Kier alpha value is -1.19. The van der Waals surface area contributed by atoms with E-state index in [-0.39, 0.29) is 0 Å². The molecule has 1 aromatic carbocycles. The van der Waals surface area contributed by atoms with Crippen LogP contribution in [0.4, 0.5) is 0 Å². The van der Waals surface area contributed by atoms with E-state index in [0.29, 0.717) is 6.04 Å². The fraction of sp³-hybridized carbons (Fsp3) is 0.214. The SMILES string of the molecule is C[C@@H](NCc1ccc(Br)cc1)c1cccnc1. The fourth-order valence-corrected chi connectivity index (χ4v) is 1.89. The lowest BCUT2D eigenvalue weighted by molar-refractivity contribution is 0.573. The summed E-state index contributed by atoms with van der Waals surface area (Å²) in [4.78, 5) is 4.13. The number of pyridine rings is 1. The Morgan fingerprint density at radius 1 is 1.24 bits per heavy atom. The van der Waals surface area contributed by atoms with Crippen LogP contribution in [0.3, 0.4) is 0 Å². The van der Waals surface area contributed by atoms with Crippen molar-refractivity contribution in [3.63, 3.8) is 0 Å². The van der Waals surface area contributed by atoms with Crippen LogP contribution in [0.1, 0.15) is 24.1 Å². The van der Waals surface area contributed by atoms with Crippen molar-refractivity contribution in [3.05, 3.63) is 64.4 Å². The summed E-state index contributed by atoms with van der Waals surface area (Å²) < 4.78 is 1.11. The number of hydrogen-bond donors (Lipinski definition) is 1. The summed E-state index contributed by atoms with van der Waals surface area (Å²) in [5.74, 6) is 0. The van der Waals surface area contributed by atoms with Crippen LogP contribution in [-0.4, -0.2) is 4.98 Å². The van der Waals surface area contributed by atoms with E-state index in [1.165, 1.54) is 11.1 Å². The lowest BCUT2D eigenvalue weighted by atomic mass is 10.1. The third kappa shape index (κ3) is 3.65. The number of nitrogens with zero attached hydrogens (tertiary/aromatic N) is 1. The first-order valence-corrected chi connectivity index (χ1v) is 6.43. The third-order valence-corrected chi connectivity index (χ3v) is 3.24. The normalized spacial score (nSPS) is 12.4. The molecule has 0 amide bonds. The Morgan fingerprint density at radius 3 is 2.65 bits per heavy atom. The van der Waals surface area contributed by atoms with Crippen molar-refractivity contribution in [1.29, 1.82) is 0 Å². The van der Waals surface area contributed by atoms with Crippen LogP contribution in [0.25, 0.3) is 0 Å². The molecule has 17 heavy (non-hydrogen) atoms. The molecule has 0 spiro atoms. The van der Waals surface area contributed by atoms with Crippen LogP contribution in [-0.2, 0) is 6.54 Å². The van der Waals surface area contributed by atoms with Gasteiger partial charge in [-0.2, -0.15) is 0 Å². The van der Waals surface area contributed by atoms with Gasteiger partial charge in [-0.1, -0.05) is 34.1 Å². The molecule has 0 saturated carbocycles. The molecule has 2 aromatic rings. The second kappa shape index (κ2) is 5.94. The smallest absolute Gasteiger partial charge is 0.0315 e. The first kappa shape index (κ1) is 12.3. The lowest BCUT2D eigenvalue weighted by Crippen LogP contribution is -2.18. The van der Waals surface area contributed by atoms with E-state index in [0.717, 1.165) is 11.0 Å². The van der Waals surface area contributed by atoms with Gasteiger partial charge in [0.15, 0.2) is 0 Å². The summed E-state index contributed by atoms with van der Waals surface area (Å²) in [6.45, 7) is 3.01. The fourth-order valence-electron chi connectivity index (χ4n) is 1.62. The van der Waals surface area contributed by atoms with Gasteiger partial charge in [-0.05, 0) is 36.2 Å². The Morgan fingerprint density at radius 2 is 2.00 bits per heavy atom. The maximum atomic E-state index is 4.13. The average Bonchev–Trinajstić information content (AvgIpc) is 2.39. The summed E-state index contributed by atoms with van der Waals surface area (Å²) in [6.07, 6.45) is 3.70. The number of hydrogen-bond acceptors (Lipinski definition) is 2. The summed E-state index contributed by atoms with van der Waals surface area (Å²) in [6, 6.07) is 12.7. The number of halogens is 1. The third-order valence-electron chi connectivity index (χ3n) is 2.71. The van der Waals surface area contributed by atoms with Crippen molar-refractivity contribution in [2.24, 2.45) is 0 Å². The standard InChI is InChI=1S/C14H15BrN2/c1-11(13-3-2-8-16-10-13)17-9-12-4-6-14(15)7-5-12/h2-8,10-11,17H,9H2,1H3/t11-/m1/s1. The minimum absolute atomic E-state index is 0.312. The highest BCUT2D eigenvalue weighted by Gasteiger charge is 2.03. The molecule has 0 bridgehead atoms. The lowest BCUT2D eigenvalue weighted by Gasteiger charge is -2.13. The van der Waals surface area contributed by atoms with E-state index in [1.807, 2.05) is 12.3 Å². The van der Waals surface area contributed by atoms with Gasteiger partial charge in [-0.3, -0.25) is 4.98 Å². The molecule has 2 nitrogen and oxygen atoms in total. The zero-order valence-corrected chi connectivity index (χ0v) is 11.3. The molecule has 0 aliphatic heterocycles. The van der Waals surface area contributed by atoms with Crippen molar-refractivity contribution in [2.75, 3.05) is 0 Å². The monoisotopic (exact) mass is 290 g/mol. The van der Waals surface area contributed by atoms with E-state index in [4.69, 9.17) is 0 Å². The van der Waals surface area contributed by atoms with Gasteiger partial charge in [0.05, 0.1) is 0 Å². The second-order valence-corrected chi connectivity index (χ2v) is 4.93. The molecule has 0 radical (unpaired) electrons. The maximum absolute atomic E-state index is 4.13. The largest absolute Gasteiger partial charge is 0.306 e. The van der Waals surface area contributed by atoms with Gasteiger partial charge < -0.3 is 5.32 Å².